The maximum absolute atomic E-state index is 13.3. The molecular weight excluding hydrogens is 815 g/mol. The third-order valence-corrected chi connectivity index (χ3v) is 12.8. The van der Waals surface area contributed by atoms with Crippen LogP contribution in [0, 0.1) is 0 Å². The van der Waals surface area contributed by atoms with Crippen molar-refractivity contribution >= 4 is 11.9 Å². The molecule has 0 fully saturated rings. The molecule has 0 saturated heterocycles. The van der Waals surface area contributed by atoms with Gasteiger partial charge in [-0.05, 0) is 89.9 Å². The number of aliphatic hydroxyl groups excluding tert-OH is 2. The summed E-state index contributed by atoms with van der Waals surface area (Å²) in [6.45, 7) is 6.38. The highest BCUT2D eigenvalue weighted by atomic mass is 16.5. The number of allylic oxidation sites excluding steroid dienone is 10. The van der Waals surface area contributed by atoms with Gasteiger partial charge in [0.25, 0.3) is 0 Å². The maximum Gasteiger partial charge on any atom is 0.306 e. The van der Waals surface area contributed by atoms with E-state index in [0.717, 1.165) is 103 Å². The topological polar surface area (TPSA) is 95.9 Å². The first-order valence-corrected chi connectivity index (χ1v) is 28.5. The molecule has 6 heteroatoms. The van der Waals surface area contributed by atoms with Crippen molar-refractivity contribution in [3.05, 3.63) is 60.8 Å². The van der Waals surface area contributed by atoms with E-state index >= 15 is 0 Å². The molecule has 0 rings (SSSR count). The van der Waals surface area contributed by atoms with Crippen LogP contribution in [0.2, 0.25) is 0 Å². The monoisotopic (exact) mass is 924 g/mol. The first-order chi connectivity index (χ1) is 32.5. The molecule has 6 nitrogen and oxygen atoms in total. The molecule has 0 aromatic rings. The molecule has 1 amide bonds. The van der Waals surface area contributed by atoms with Crippen molar-refractivity contribution in [2.24, 2.45) is 0 Å². The van der Waals surface area contributed by atoms with E-state index in [4.69, 9.17) is 4.74 Å². The number of carbonyl (C=O) groups is 2. The minimum atomic E-state index is -0.799. The smallest absolute Gasteiger partial charge is 0.306 e. The highest BCUT2D eigenvalue weighted by Crippen LogP contribution is 2.18. The molecule has 384 valence electrons. The van der Waals surface area contributed by atoms with Crippen LogP contribution in [0.1, 0.15) is 284 Å². The first-order valence-electron chi connectivity index (χ1n) is 28.5. The van der Waals surface area contributed by atoms with Gasteiger partial charge >= 0.3 is 5.97 Å². The molecular formula is C60H109NO5. The molecule has 3 N–H and O–H groups in total. The number of hydrogen-bond acceptors (Lipinski definition) is 5. The van der Waals surface area contributed by atoms with Crippen LogP contribution in [0.25, 0.3) is 0 Å². The van der Waals surface area contributed by atoms with Gasteiger partial charge in [-0.25, -0.2) is 0 Å². The number of ether oxygens (including phenoxy) is 1. The van der Waals surface area contributed by atoms with Gasteiger partial charge < -0.3 is 20.3 Å². The van der Waals surface area contributed by atoms with Gasteiger partial charge in [0.2, 0.25) is 5.91 Å². The van der Waals surface area contributed by atoms with Gasteiger partial charge in [0.05, 0.1) is 25.2 Å². The van der Waals surface area contributed by atoms with E-state index in [1.54, 1.807) is 0 Å². The lowest BCUT2D eigenvalue weighted by Crippen LogP contribution is -2.46. The lowest BCUT2D eigenvalue weighted by molar-refractivity contribution is -0.151. The number of aliphatic hydroxyl groups is 2. The van der Waals surface area contributed by atoms with Crippen molar-refractivity contribution in [1.82, 2.24) is 5.32 Å². The average Bonchev–Trinajstić information content (AvgIpc) is 3.31. The van der Waals surface area contributed by atoms with Gasteiger partial charge in [0.15, 0.2) is 0 Å². The number of esters is 1. The lowest BCUT2D eigenvalue weighted by atomic mass is 10.0. The van der Waals surface area contributed by atoms with E-state index < -0.39 is 18.2 Å². The zero-order chi connectivity index (χ0) is 48.1. The summed E-state index contributed by atoms with van der Waals surface area (Å²) in [6.07, 6.45) is 67.1. The van der Waals surface area contributed by atoms with Crippen LogP contribution in [0.15, 0.2) is 60.8 Å². The Morgan fingerprint density at radius 3 is 1.27 bits per heavy atom. The first kappa shape index (κ1) is 63.6. The average molecular weight is 925 g/mol. The number of unbranched alkanes of at least 4 members (excludes halogenated alkanes) is 29. The highest BCUT2D eigenvalue weighted by Gasteiger charge is 2.24. The van der Waals surface area contributed by atoms with E-state index in [9.17, 15) is 19.8 Å². The molecule has 0 heterocycles. The summed E-state index contributed by atoms with van der Waals surface area (Å²) < 4.78 is 5.93. The van der Waals surface area contributed by atoms with Crippen molar-refractivity contribution in [3.8, 4) is 0 Å². The third-order valence-electron chi connectivity index (χ3n) is 12.8. The Hall–Kier alpha value is -2.44. The van der Waals surface area contributed by atoms with E-state index in [2.05, 4.69) is 86.8 Å². The van der Waals surface area contributed by atoms with Crippen LogP contribution in [-0.2, 0) is 14.3 Å². The molecule has 3 atom stereocenters. The fourth-order valence-electron chi connectivity index (χ4n) is 8.53. The number of rotatable bonds is 51. The van der Waals surface area contributed by atoms with Crippen molar-refractivity contribution in [1.29, 1.82) is 0 Å². The quantitative estimate of drug-likeness (QED) is 0.0321. The summed E-state index contributed by atoms with van der Waals surface area (Å²) in [4.78, 5) is 26.2. The van der Waals surface area contributed by atoms with Crippen molar-refractivity contribution in [3.63, 3.8) is 0 Å². The predicted molar refractivity (Wildman–Crippen MR) is 287 cm³/mol. The van der Waals surface area contributed by atoms with Gasteiger partial charge in [-0.3, -0.25) is 9.59 Å². The number of nitrogens with one attached hydrogen (secondary N) is 1. The fraction of sp³-hybridized carbons (Fsp3) is 0.800. The summed E-state index contributed by atoms with van der Waals surface area (Å²) in [5.74, 6) is -0.519. The van der Waals surface area contributed by atoms with Crippen molar-refractivity contribution in [2.45, 2.75) is 302 Å². The highest BCUT2D eigenvalue weighted by molar-refractivity contribution is 5.77. The maximum atomic E-state index is 13.3. The van der Waals surface area contributed by atoms with Gasteiger partial charge in [-0.15, -0.1) is 0 Å². The van der Waals surface area contributed by atoms with Crippen LogP contribution >= 0.6 is 0 Å². The van der Waals surface area contributed by atoms with Crippen LogP contribution in [0.5, 0.6) is 0 Å². The largest absolute Gasteiger partial charge is 0.462 e. The second-order valence-corrected chi connectivity index (χ2v) is 19.3. The molecule has 0 aliphatic rings. The Bertz CT molecular complexity index is 1170. The zero-order valence-corrected chi connectivity index (χ0v) is 43.8. The van der Waals surface area contributed by atoms with Crippen molar-refractivity contribution in [2.75, 3.05) is 6.61 Å². The Morgan fingerprint density at radius 2 is 0.818 bits per heavy atom. The summed E-state index contributed by atoms with van der Waals surface area (Å²) in [6, 6.07) is -0.715. The second kappa shape index (κ2) is 53.5. The van der Waals surface area contributed by atoms with E-state index in [1.165, 1.54) is 135 Å². The minimum absolute atomic E-state index is 0.0538. The summed E-state index contributed by atoms with van der Waals surface area (Å²) in [5, 5.41) is 23.9. The Morgan fingerprint density at radius 1 is 0.455 bits per heavy atom. The van der Waals surface area contributed by atoms with Crippen LogP contribution in [-0.4, -0.2) is 46.9 Å². The van der Waals surface area contributed by atoms with E-state index in [-0.39, 0.29) is 24.9 Å². The van der Waals surface area contributed by atoms with Crippen LogP contribution in [0.4, 0.5) is 0 Å². The summed E-state index contributed by atoms with van der Waals surface area (Å²) >= 11 is 0. The molecule has 0 radical (unpaired) electrons. The normalized spacial score (nSPS) is 13.6. The molecule has 0 aliphatic heterocycles. The van der Waals surface area contributed by atoms with Crippen LogP contribution in [0.3, 0.4) is 0 Å². The molecule has 0 saturated carbocycles. The van der Waals surface area contributed by atoms with Gasteiger partial charge in [-0.1, -0.05) is 242 Å². The SMILES string of the molecule is CC/C=C/C/C=C/C/C=C/C/C=C/CCCCCC(=O)OC(CCCCC/C=C/CCCCCCCCC)CC(=O)NC(CO)C(O)CCCCCCCCCCCCCCCCCCC. The zero-order valence-electron chi connectivity index (χ0n) is 43.8. The number of amides is 1. The van der Waals surface area contributed by atoms with Gasteiger partial charge in [0.1, 0.15) is 6.10 Å². The van der Waals surface area contributed by atoms with E-state index in [1.807, 2.05) is 0 Å². The molecule has 0 aromatic heterocycles. The van der Waals surface area contributed by atoms with Gasteiger partial charge in [-0.2, -0.15) is 0 Å². The molecule has 66 heavy (non-hydrogen) atoms. The molecule has 0 spiro atoms. The Labute approximate surface area is 409 Å². The Balaban J connectivity index is 4.59. The molecule has 0 aromatic carbocycles. The second-order valence-electron chi connectivity index (χ2n) is 19.3. The molecule has 0 aliphatic carbocycles. The Kier molecular flexibility index (Phi) is 51.5. The van der Waals surface area contributed by atoms with Crippen molar-refractivity contribution < 1.29 is 24.5 Å². The fourth-order valence-corrected chi connectivity index (χ4v) is 8.53. The molecule has 0 bridgehead atoms. The minimum Gasteiger partial charge on any atom is -0.462 e. The summed E-state index contributed by atoms with van der Waals surface area (Å²) in [7, 11) is 0. The van der Waals surface area contributed by atoms with Gasteiger partial charge in [0, 0.05) is 6.42 Å². The standard InChI is InChI=1S/C60H109NO5/c1-4-7-10-13-16-19-22-25-28-30-31-34-37-40-43-46-49-52-58(63)57(55-62)61-59(64)54-56(51-48-45-42-39-36-33-27-24-21-18-15-12-9-6-3)66-60(65)53-50-47-44-41-38-35-32-29-26-23-20-17-14-11-8-5-2/h8,11,17,20,26,29,33,35-36,38,56-58,62-63H,4-7,9-10,12-16,18-19,21-25,27-28,30-32,34,37,39-55H2,1-3H3,(H,61,64)/b11-8+,20-17+,29-26+,36-33+,38-35+. The number of hydrogen-bond donors (Lipinski definition) is 3. The van der Waals surface area contributed by atoms with E-state index in [0.29, 0.717) is 19.3 Å². The summed E-state index contributed by atoms with van der Waals surface area (Å²) in [5.41, 5.74) is 0. The third kappa shape index (κ3) is 48.0. The molecule has 3 unspecified atom stereocenters. The van der Waals surface area contributed by atoms with Crippen LogP contribution < -0.4 is 5.32 Å². The predicted octanol–water partition coefficient (Wildman–Crippen LogP) is 17.6. The number of carbonyl (C=O) groups excluding carboxylic acids is 2. The lowest BCUT2D eigenvalue weighted by Gasteiger charge is -2.24.